The second-order valence-electron chi connectivity index (χ2n) is 7.30. The largest absolute Gasteiger partial charge is 0.389 e. The second kappa shape index (κ2) is 7.72. The molecule has 6 heteroatoms. The quantitative estimate of drug-likeness (QED) is 0.810. The summed E-state index contributed by atoms with van der Waals surface area (Å²) in [6.07, 6.45) is 1.18. The van der Waals surface area contributed by atoms with E-state index in [1.807, 2.05) is 32.0 Å². The molecule has 1 aromatic carbocycles. The lowest BCUT2D eigenvalue weighted by molar-refractivity contribution is -0.125. The minimum absolute atomic E-state index is 0.125. The van der Waals surface area contributed by atoms with Crippen molar-refractivity contribution in [2.75, 3.05) is 37.8 Å². The summed E-state index contributed by atoms with van der Waals surface area (Å²) in [7, 11) is 0. The highest BCUT2D eigenvalue weighted by molar-refractivity contribution is 5.93. The lowest BCUT2D eigenvalue weighted by Gasteiger charge is -2.43. The van der Waals surface area contributed by atoms with E-state index in [4.69, 9.17) is 4.74 Å². The molecular formula is C19H29N3O3. The second-order valence-corrected chi connectivity index (χ2v) is 7.30. The first-order chi connectivity index (χ1) is 12.0. The molecular weight excluding hydrogens is 318 g/mol. The Morgan fingerprint density at radius 2 is 1.92 bits per heavy atom. The summed E-state index contributed by atoms with van der Waals surface area (Å²) in [5.41, 5.74) is 0.622. The molecule has 1 unspecified atom stereocenters. The van der Waals surface area contributed by atoms with E-state index >= 15 is 0 Å². The van der Waals surface area contributed by atoms with Crippen molar-refractivity contribution >= 4 is 11.6 Å². The minimum Gasteiger partial charge on any atom is -0.389 e. The van der Waals surface area contributed by atoms with E-state index in [1.54, 1.807) is 0 Å². The number of benzene rings is 1. The summed E-state index contributed by atoms with van der Waals surface area (Å²) >= 11 is 0. The zero-order valence-corrected chi connectivity index (χ0v) is 15.1. The highest BCUT2D eigenvalue weighted by atomic mass is 16.5. The van der Waals surface area contributed by atoms with Crippen LogP contribution in [0.4, 0.5) is 5.69 Å². The molecule has 2 fully saturated rings. The fourth-order valence-corrected chi connectivity index (χ4v) is 3.79. The summed E-state index contributed by atoms with van der Waals surface area (Å²) in [6.45, 7) is 7.05. The summed E-state index contributed by atoms with van der Waals surface area (Å²) < 4.78 is 5.48. The van der Waals surface area contributed by atoms with Gasteiger partial charge in [-0.3, -0.25) is 4.79 Å². The van der Waals surface area contributed by atoms with Crippen LogP contribution in [0.25, 0.3) is 0 Å². The van der Waals surface area contributed by atoms with Gasteiger partial charge in [-0.05, 0) is 38.8 Å². The summed E-state index contributed by atoms with van der Waals surface area (Å²) in [5.74, 6) is 0.125. The molecule has 138 valence electrons. The van der Waals surface area contributed by atoms with Gasteiger partial charge < -0.3 is 25.0 Å². The molecule has 2 heterocycles. The van der Waals surface area contributed by atoms with Gasteiger partial charge in [0, 0.05) is 25.3 Å². The third-order valence-corrected chi connectivity index (χ3v) is 5.18. The Morgan fingerprint density at radius 3 is 2.56 bits per heavy atom. The fraction of sp³-hybridized carbons (Fsp3) is 0.632. The monoisotopic (exact) mass is 347 g/mol. The predicted octanol–water partition coefficient (Wildman–Crippen LogP) is 1.20. The molecule has 0 radical (unpaired) electrons. The Bertz CT molecular complexity index is 571. The maximum atomic E-state index is 12.6. The van der Waals surface area contributed by atoms with Crippen molar-refractivity contribution in [3.8, 4) is 0 Å². The summed E-state index contributed by atoms with van der Waals surface area (Å²) in [4.78, 5) is 17.0. The first-order valence-electron chi connectivity index (χ1n) is 9.14. The number of carbonyl (C=O) groups is 1. The Balaban J connectivity index is 1.60. The van der Waals surface area contributed by atoms with Gasteiger partial charge in [0.1, 0.15) is 5.54 Å². The molecule has 1 aromatic rings. The number of ether oxygens (including phenoxy) is 1. The van der Waals surface area contributed by atoms with Gasteiger partial charge in [0.05, 0.1) is 25.5 Å². The lowest BCUT2D eigenvalue weighted by atomic mass is 9.85. The molecule has 1 amide bonds. The lowest BCUT2D eigenvalue weighted by Crippen LogP contribution is -2.57. The number of hydrogen-bond acceptors (Lipinski definition) is 5. The van der Waals surface area contributed by atoms with Crippen LogP contribution in [0.15, 0.2) is 30.3 Å². The number of anilines is 1. The Kier molecular flexibility index (Phi) is 5.61. The highest BCUT2D eigenvalue weighted by Gasteiger charge is 2.50. The number of aliphatic hydroxyl groups excluding tert-OH is 1. The molecule has 1 spiro atoms. The number of hydrogen-bond donors (Lipinski definition) is 2. The van der Waals surface area contributed by atoms with Crippen molar-refractivity contribution in [2.45, 2.75) is 44.4 Å². The van der Waals surface area contributed by atoms with Gasteiger partial charge in [0.2, 0.25) is 5.91 Å². The van der Waals surface area contributed by atoms with Crippen LogP contribution in [-0.4, -0.2) is 66.6 Å². The topological polar surface area (TPSA) is 65.0 Å². The number of nitrogens with one attached hydrogen (secondary N) is 1. The smallest absolute Gasteiger partial charge is 0.247 e. The average Bonchev–Trinajstić information content (AvgIpc) is 2.92. The molecule has 0 aromatic heterocycles. The van der Waals surface area contributed by atoms with Crippen LogP contribution in [0.3, 0.4) is 0 Å². The molecule has 2 aliphatic rings. The molecule has 0 aliphatic carbocycles. The van der Waals surface area contributed by atoms with Gasteiger partial charge in [0.15, 0.2) is 0 Å². The van der Waals surface area contributed by atoms with Crippen LogP contribution in [0.5, 0.6) is 0 Å². The number of piperidine rings is 1. The standard InChI is InChI=1S/C19H29N3O3/c1-15(2)25-13-17(23)12-21-10-8-19(9-11-21)18(24)20-14-22(19)16-6-4-3-5-7-16/h3-7,15,17,23H,8-14H2,1-2H3,(H,20,24). The maximum absolute atomic E-state index is 12.6. The molecule has 3 rings (SSSR count). The van der Waals surface area contributed by atoms with E-state index in [0.29, 0.717) is 19.8 Å². The first-order valence-corrected chi connectivity index (χ1v) is 9.14. The number of para-hydroxylation sites is 1. The molecule has 0 bridgehead atoms. The Hall–Kier alpha value is -1.63. The number of amides is 1. The van der Waals surface area contributed by atoms with Crippen LogP contribution in [0, 0.1) is 0 Å². The zero-order valence-electron chi connectivity index (χ0n) is 15.1. The zero-order chi connectivity index (χ0) is 17.9. The average molecular weight is 347 g/mol. The van der Waals surface area contributed by atoms with Gasteiger partial charge in [-0.1, -0.05) is 18.2 Å². The summed E-state index contributed by atoms with van der Waals surface area (Å²) in [5, 5.41) is 13.1. The third-order valence-electron chi connectivity index (χ3n) is 5.18. The van der Waals surface area contributed by atoms with Crippen molar-refractivity contribution in [1.82, 2.24) is 10.2 Å². The van der Waals surface area contributed by atoms with Gasteiger partial charge in [-0.2, -0.15) is 0 Å². The normalized spacial score (nSPS) is 21.8. The van der Waals surface area contributed by atoms with Gasteiger partial charge in [-0.25, -0.2) is 0 Å². The van der Waals surface area contributed by atoms with Crippen molar-refractivity contribution in [3.05, 3.63) is 30.3 Å². The number of rotatable bonds is 6. The molecule has 6 nitrogen and oxygen atoms in total. The van der Waals surface area contributed by atoms with E-state index in [2.05, 4.69) is 27.2 Å². The predicted molar refractivity (Wildman–Crippen MR) is 97.4 cm³/mol. The van der Waals surface area contributed by atoms with Crippen LogP contribution >= 0.6 is 0 Å². The Labute approximate surface area is 149 Å². The number of likely N-dealkylation sites (tertiary alicyclic amines) is 1. The van der Waals surface area contributed by atoms with Crippen LogP contribution < -0.4 is 10.2 Å². The minimum atomic E-state index is -0.487. The number of aliphatic hydroxyl groups is 1. The molecule has 25 heavy (non-hydrogen) atoms. The van der Waals surface area contributed by atoms with Crippen molar-refractivity contribution in [1.29, 1.82) is 0 Å². The van der Waals surface area contributed by atoms with Crippen molar-refractivity contribution in [3.63, 3.8) is 0 Å². The molecule has 1 atom stereocenters. The van der Waals surface area contributed by atoms with Crippen LogP contribution in [-0.2, 0) is 9.53 Å². The fourth-order valence-electron chi connectivity index (χ4n) is 3.79. The van der Waals surface area contributed by atoms with Crippen LogP contribution in [0.2, 0.25) is 0 Å². The van der Waals surface area contributed by atoms with Gasteiger partial charge >= 0.3 is 0 Å². The van der Waals surface area contributed by atoms with Crippen LogP contribution in [0.1, 0.15) is 26.7 Å². The van der Waals surface area contributed by atoms with Crippen molar-refractivity contribution < 1.29 is 14.6 Å². The van der Waals surface area contributed by atoms with E-state index in [0.717, 1.165) is 31.6 Å². The number of carbonyl (C=O) groups excluding carboxylic acids is 1. The number of nitrogens with zero attached hydrogens (tertiary/aromatic N) is 2. The van der Waals surface area contributed by atoms with E-state index in [1.165, 1.54) is 0 Å². The third kappa shape index (κ3) is 3.97. The molecule has 2 N–H and O–H groups in total. The molecule has 2 aliphatic heterocycles. The first kappa shape index (κ1) is 18.2. The molecule has 2 saturated heterocycles. The SMILES string of the molecule is CC(C)OCC(O)CN1CCC2(CC1)C(=O)NCN2c1ccccc1. The number of β-amino-alcohol motifs (C(OH)–C–C–N with tert-alkyl or cyclic N) is 1. The van der Waals surface area contributed by atoms with Gasteiger partial charge in [-0.15, -0.1) is 0 Å². The Morgan fingerprint density at radius 1 is 1.24 bits per heavy atom. The van der Waals surface area contributed by atoms with Gasteiger partial charge in [0.25, 0.3) is 0 Å². The maximum Gasteiger partial charge on any atom is 0.247 e. The van der Waals surface area contributed by atoms with E-state index < -0.39 is 11.6 Å². The highest BCUT2D eigenvalue weighted by Crippen LogP contribution is 2.36. The molecule has 0 saturated carbocycles. The summed E-state index contributed by atoms with van der Waals surface area (Å²) in [6, 6.07) is 10.1. The van der Waals surface area contributed by atoms with Crippen molar-refractivity contribution in [2.24, 2.45) is 0 Å². The van der Waals surface area contributed by atoms with E-state index in [9.17, 15) is 9.90 Å². The van der Waals surface area contributed by atoms with E-state index in [-0.39, 0.29) is 12.0 Å².